The zero-order valence-electron chi connectivity index (χ0n) is 9.79. The monoisotopic (exact) mass is 257 g/mol. The van der Waals surface area contributed by atoms with E-state index in [-0.39, 0.29) is 6.61 Å². The van der Waals surface area contributed by atoms with Gasteiger partial charge in [0.05, 0.1) is 0 Å². The number of carbonyl (C=O) groups excluding carboxylic acids is 1. The number of likely N-dealkylation sites (N-methyl/N-ethyl adjacent to an activating group) is 1. The molecule has 0 aliphatic rings. The van der Waals surface area contributed by atoms with Gasteiger partial charge in [-0.2, -0.15) is 13.2 Å². The summed E-state index contributed by atoms with van der Waals surface area (Å²) in [4.78, 5) is 12.6. The van der Waals surface area contributed by atoms with Crippen molar-refractivity contribution in [3.63, 3.8) is 0 Å². The number of nitrogens with zero attached hydrogens (tertiary/aromatic N) is 1. The van der Waals surface area contributed by atoms with Gasteiger partial charge in [0.2, 0.25) is 5.91 Å². The molecule has 0 radical (unpaired) electrons. The van der Waals surface area contributed by atoms with Crippen molar-refractivity contribution >= 4 is 5.91 Å². The highest BCUT2D eigenvalue weighted by Crippen LogP contribution is 2.14. The van der Waals surface area contributed by atoms with Crippen LogP contribution in [0.2, 0.25) is 0 Å². The second-order valence-electron chi connectivity index (χ2n) is 3.71. The minimum absolute atomic E-state index is 0.104. The van der Waals surface area contributed by atoms with Crippen LogP contribution < -0.4 is 0 Å². The van der Waals surface area contributed by atoms with Gasteiger partial charge >= 0.3 is 6.18 Å². The number of alkyl halides is 3. The summed E-state index contributed by atoms with van der Waals surface area (Å²) in [5.74, 6) is -0.474. The van der Waals surface area contributed by atoms with E-state index >= 15 is 0 Å². The maximum absolute atomic E-state index is 11.7. The van der Waals surface area contributed by atoms with Crippen LogP contribution in [-0.4, -0.2) is 55.5 Å². The number of amides is 1. The van der Waals surface area contributed by atoms with Crippen molar-refractivity contribution in [2.75, 3.05) is 33.4 Å². The van der Waals surface area contributed by atoms with Gasteiger partial charge in [-0.3, -0.25) is 4.79 Å². The average Bonchev–Trinajstić information content (AvgIpc) is 2.22. The molecule has 4 nitrogen and oxygen atoms in total. The molecule has 0 saturated heterocycles. The van der Waals surface area contributed by atoms with E-state index in [4.69, 9.17) is 5.11 Å². The Labute approximate surface area is 98.3 Å². The molecule has 0 aliphatic heterocycles. The van der Waals surface area contributed by atoms with E-state index in [0.29, 0.717) is 19.4 Å². The summed E-state index contributed by atoms with van der Waals surface area (Å²) in [7, 11) is 1.51. The predicted octanol–water partition coefficient (Wildman–Crippen LogP) is 1.19. The highest BCUT2D eigenvalue weighted by atomic mass is 19.4. The summed E-state index contributed by atoms with van der Waals surface area (Å²) < 4.78 is 39.4. The normalized spacial score (nSPS) is 11.6. The molecule has 0 bridgehead atoms. The van der Waals surface area contributed by atoms with E-state index in [1.165, 1.54) is 11.9 Å². The van der Waals surface area contributed by atoms with Crippen molar-refractivity contribution < 1.29 is 27.8 Å². The molecule has 1 amide bonds. The quantitative estimate of drug-likeness (QED) is 0.664. The van der Waals surface area contributed by atoms with E-state index in [2.05, 4.69) is 4.74 Å². The largest absolute Gasteiger partial charge is 0.411 e. The summed E-state index contributed by atoms with van der Waals surface area (Å²) in [6.45, 7) is -1.41. The zero-order chi connectivity index (χ0) is 13.3. The number of hydrogen-bond donors (Lipinski definition) is 1. The van der Waals surface area contributed by atoms with Gasteiger partial charge in [0, 0.05) is 20.2 Å². The van der Waals surface area contributed by atoms with Crippen LogP contribution >= 0.6 is 0 Å². The van der Waals surface area contributed by atoms with Crippen LogP contribution in [0.25, 0.3) is 0 Å². The maximum atomic E-state index is 11.7. The van der Waals surface area contributed by atoms with E-state index in [1.807, 2.05) is 0 Å². The molecule has 17 heavy (non-hydrogen) atoms. The first kappa shape index (κ1) is 16.2. The fraction of sp³-hybridized carbons (Fsp3) is 0.900. The van der Waals surface area contributed by atoms with Crippen LogP contribution in [0.3, 0.4) is 0 Å². The molecule has 0 aromatic rings. The molecule has 7 heteroatoms. The number of aliphatic hydroxyl groups excluding tert-OH is 1. The minimum atomic E-state index is -4.40. The van der Waals surface area contributed by atoms with Gasteiger partial charge in [0.1, 0.15) is 13.2 Å². The molecule has 0 aromatic heterocycles. The molecule has 102 valence electrons. The molecule has 0 fully saturated rings. The van der Waals surface area contributed by atoms with E-state index in [1.54, 1.807) is 0 Å². The number of aliphatic hydroxyl groups is 1. The Balaban J connectivity index is 3.60. The lowest BCUT2D eigenvalue weighted by atomic mass is 10.2. The Morgan fingerprint density at radius 3 is 2.47 bits per heavy atom. The Bertz CT molecular complexity index is 221. The summed E-state index contributed by atoms with van der Waals surface area (Å²) in [6, 6.07) is 0. The number of rotatable bonds is 8. The third-order valence-corrected chi connectivity index (χ3v) is 2.07. The Hall–Kier alpha value is -0.820. The van der Waals surface area contributed by atoms with Gasteiger partial charge in [-0.15, -0.1) is 0 Å². The summed E-state index contributed by atoms with van der Waals surface area (Å²) in [5, 5.41) is 8.53. The molecule has 0 atom stereocenters. The number of carbonyl (C=O) groups is 1. The van der Waals surface area contributed by atoms with E-state index < -0.39 is 25.3 Å². The van der Waals surface area contributed by atoms with Gasteiger partial charge in [-0.1, -0.05) is 0 Å². The SMILES string of the molecule is CN(CCCCCO)C(=O)COCC(F)(F)F. The van der Waals surface area contributed by atoms with Crippen LogP contribution in [-0.2, 0) is 9.53 Å². The first-order valence-electron chi connectivity index (χ1n) is 5.36. The molecule has 0 aromatic carbocycles. The second kappa shape index (κ2) is 8.30. The maximum Gasteiger partial charge on any atom is 0.411 e. The Morgan fingerprint density at radius 2 is 1.94 bits per heavy atom. The molecule has 0 saturated carbocycles. The molecule has 0 heterocycles. The highest BCUT2D eigenvalue weighted by Gasteiger charge is 2.28. The fourth-order valence-corrected chi connectivity index (χ4v) is 1.13. The summed E-state index contributed by atoms with van der Waals surface area (Å²) in [5.41, 5.74) is 0. The van der Waals surface area contributed by atoms with Gasteiger partial charge < -0.3 is 14.7 Å². The van der Waals surface area contributed by atoms with Crippen LogP contribution in [0.1, 0.15) is 19.3 Å². The van der Waals surface area contributed by atoms with Crippen molar-refractivity contribution in [2.24, 2.45) is 0 Å². The smallest absolute Gasteiger partial charge is 0.396 e. The molecular formula is C10H18F3NO3. The summed E-state index contributed by atoms with van der Waals surface area (Å²) in [6.07, 6.45) is -2.26. The van der Waals surface area contributed by atoms with Crippen molar-refractivity contribution in [1.29, 1.82) is 0 Å². The first-order chi connectivity index (χ1) is 7.87. The fourth-order valence-electron chi connectivity index (χ4n) is 1.13. The molecule has 1 N–H and O–H groups in total. The van der Waals surface area contributed by atoms with E-state index in [0.717, 1.165) is 6.42 Å². The first-order valence-corrected chi connectivity index (χ1v) is 5.36. The highest BCUT2D eigenvalue weighted by molar-refractivity contribution is 5.77. The second-order valence-corrected chi connectivity index (χ2v) is 3.71. The minimum Gasteiger partial charge on any atom is -0.396 e. The average molecular weight is 257 g/mol. The van der Waals surface area contributed by atoms with Gasteiger partial charge in [-0.05, 0) is 19.3 Å². The number of hydrogen-bond acceptors (Lipinski definition) is 3. The zero-order valence-corrected chi connectivity index (χ0v) is 9.79. The van der Waals surface area contributed by atoms with Crippen LogP contribution in [0.15, 0.2) is 0 Å². The predicted molar refractivity (Wildman–Crippen MR) is 55.4 cm³/mol. The molecular weight excluding hydrogens is 239 g/mol. The van der Waals surface area contributed by atoms with E-state index in [9.17, 15) is 18.0 Å². The van der Waals surface area contributed by atoms with Crippen molar-refractivity contribution in [3.05, 3.63) is 0 Å². The third kappa shape index (κ3) is 10.1. The number of halogens is 3. The van der Waals surface area contributed by atoms with Crippen molar-refractivity contribution in [3.8, 4) is 0 Å². The van der Waals surface area contributed by atoms with Gasteiger partial charge in [0.15, 0.2) is 0 Å². The molecule has 0 unspecified atom stereocenters. The third-order valence-electron chi connectivity index (χ3n) is 2.07. The lowest BCUT2D eigenvalue weighted by Crippen LogP contribution is -2.32. The van der Waals surface area contributed by atoms with Gasteiger partial charge in [-0.25, -0.2) is 0 Å². The van der Waals surface area contributed by atoms with Crippen LogP contribution in [0, 0.1) is 0 Å². The van der Waals surface area contributed by atoms with Crippen molar-refractivity contribution in [1.82, 2.24) is 4.90 Å². The van der Waals surface area contributed by atoms with Crippen LogP contribution in [0.5, 0.6) is 0 Å². The lowest BCUT2D eigenvalue weighted by molar-refractivity contribution is -0.177. The molecule has 0 spiro atoms. The Kier molecular flexibility index (Phi) is 7.90. The number of ether oxygens (including phenoxy) is 1. The van der Waals surface area contributed by atoms with Gasteiger partial charge in [0.25, 0.3) is 0 Å². The topological polar surface area (TPSA) is 49.8 Å². The molecule has 0 aliphatic carbocycles. The lowest BCUT2D eigenvalue weighted by Gasteiger charge is -2.17. The number of unbranched alkanes of at least 4 members (excludes halogenated alkanes) is 2. The summed E-state index contributed by atoms with van der Waals surface area (Å²) >= 11 is 0. The van der Waals surface area contributed by atoms with Crippen LogP contribution in [0.4, 0.5) is 13.2 Å². The van der Waals surface area contributed by atoms with Crippen molar-refractivity contribution in [2.45, 2.75) is 25.4 Å². The molecule has 0 rings (SSSR count). The standard InChI is InChI=1S/C10H18F3NO3/c1-14(5-3-2-4-6-15)9(16)7-17-8-10(11,12)13/h15H,2-8H2,1H3. The Morgan fingerprint density at radius 1 is 1.29 bits per heavy atom.